The van der Waals surface area contributed by atoms with E-state index in [1.807, 2.05) is 0 Å². The first-order valence-electron chi connectivity index (χ1n) is 5.17. The second-order valence-electron chi connectivity index (χ2n) is 3.79. The predicted molar refractivity (Wildman–Crippen MR) is 69.8 cm³/mol. The molecule has 0 spiro atoms. The second-order valence-corrected chi connectivity index (χ2v) is 4.65. The Labute approximate surface area is 109 Å². The van der Waals surface area contributed by atoms with Crippen molar-refractivity contribution in [1.82, 2.24) is 15.0 Å². The average Bonchev–Trinajstić information content (AvgIpc) is 2.73. The molecule has 3 rings (SSSR count). The van der Waals surface area contributed by atoms with Gasteiger partial charge in [0.25, 0.3) is 0 Å². The molecule has 90 valence electrons. The van der Waals surface area contributed by atoms with Crippen LogP contribution in [0.2, 0.25) is 0 Å². The summed E-state index contributed by atoms with van der Waals surface area (Å²) in [7, 11) is 0. The minimum absolute atomic E-state index is 0.146. The van der Waals surface area contributed by atoms with Crippen LogP contribution in [0.4, 0.5) is 4.39 Å². The number of hydrogen-bond acceptors (Lipinski definition) is 2. The summed E-state index contributed by atoms with van der Waals surface area (Å²) in [5.41, 5.74) is 1.42. The van der Waals surface area contributed by atoms with Crippen LogP contribution in [0.15, 0.2) is 39.9 Å². The van der Waals surface area contributed by atoms with Crippen LogP contribution in [0, 0.1) is 5.82 Å². The van der Waals surface area contributed by atoms with Gasteiger partial charge in [0.1, 0.15) is 11.6 Å². The van der Waals surface area contributed by atoms with Crippen LogP contribution in [0.25, 0.3) is 22.4 Å². The molecular formula is C12H7BrFN3O. The van der Waals surface area contributed by atoms with Crippen molar-refractivity contribution in [1.29, 1.82) is 0 Å². The van der Waals surface area contributed by atoms with E-state index in [9.17, 15) is 9.18 Å². The maximum absolute atomic E-state index is 13.4. The van der Waals surface area contributed by atoms with Gasteiger partial charge in [-0.2, -0.15) is 0 Å². The SMILES string of the molecule is O=c1cc[nH]cc1-c1nc2cc(Br)c(F)cc2[nH]1. The third-order valence-corrected chi connectivity index (χ3v) is 3.21. The van der Waals surface area contributed by atoms with Crippen molar-refractivity contribution in [3.8, 4) is 11.4 Å². The van der Waals surface area contributed by atoms with Gasteiger partial charge in [0.15, 0.2) is 5.43 Å². The number of hydrogen-bond donors (Lipinski definition) is 2. The van der Waals surface area contributed by atoms with Crippen LogP contribution in [0.1, 0.15) is 0 Å². The highest BCUT2D eigenvalue weighted by Gasteiger charge is 2.10. The van der Waals surface area contributed by atoms with Gasteiger partial charge in [-0.3, -0.25) is 4.79 Å². The Balaban J connectivity index is 2.26. The third-order valence-electron chi connectivity index (χ3n) is 2.60. The van der Waals surface area contributed by atoms with Crippen LogP contribution in [0.3, 0.4) is 0 Å². The smallest absolute Gasteiger partial charge is 0.192 e. The molecule has 0 amide bonds. The van der Waals surface area contributed by atoms with Gasteiger partial charge in [-0.25, -0.2) is 9.37 Å². The van der Waals surface area contributed by atoms with Gasteiger partial charge >= 0.3 is 0 Å². The highest BCUT2D eigenvalue weighted by atomic mass is 79.9. The lowest BCUT2D eigenvalue weighted by atomic mass is 10.2. The summed E-state index contributed by atoms with van der Waals surface area (Å²) in [5.74, 6) is 0.0454. The van der Waals surface area contributed by atoms with Crippen molar-refractivity contribution >= 4 is 27.0 Å². The summed E-state index contributed by atoms with van der Waals surface area (Å²) in [5, 5.41) is 0. The first kappa shape index (κ1) is 11.2. The molecule has 0 aliphatic carbocycles. The van der Waals surface area contributed by atoms with Crippen LogP contribution in [-0.4, -0.2) is 15.0 Å². The summed E-state index contributed by atoms with van der Waals surface area (Å²) in [6.07, 6.45) is 3.11. The number of benzene rings is 1. The van der Waals surface area contributed by atoms with E-state index in [2.05, 4.69) is 30.9 Å². The molecule has 1 aromatic carbocycles. The van der Waals surface area contributed by atoms with Gasteiger partial charge in [0, 0.05) is 24.5 Å². The van der Waals surface area contributed by atoms with Crippen LogP contribution in [-0.2, 0) is 0 Å². The van der Waals surface area contributed by atoms with E-state index in [0.717, 1.165) is 0 Å². The molecule has 0 fully saturated rings. The molecule has 0 saturated carbocycles. The summed E-state index contributed by atoms with van der Waals surface area (Å²) in [4.78, 5) is 21.7. The molecule has 0 atom stereocenters. The van der Waals surface area contributed by atoms with Crippen molar-refractivity contribution in [2.24, 2.45) is 0 Å². The molecule has 2 aromatic heterocycles. The fraction of sp³-hybridized carbons (Fsp3) is 0. The van der Waals surface area contributed by atoms with Crippen molar-refractivity contribution < 1.29 is 4.39 Å². The maximum atomic E-state index is 13.4. The first-order valence-corrected chi connectivity index (χ1v) is 5.97. The molecule has 3 aromatic rings. The number of H-pyrrole nitrogens is 2. The van der Waals surface area contributed by atoms with E-state index in [-0.39, 0.29) is 11.2 Å². The van der Waals surface area contributed by atoms with E-state index < -0.39 is 0 Å². The topological polar surface area (TPSA) is 61.5 Å². The second kappa shape index (κ2) is 4.06. The molecule has 0 aliphatic rings. The first-order chi connectivity index (χ1) is 8.65. The summed E-state index contributed by atoms with van der Waals surface area (Å²) in [6, 6.07) is 4.33. The molecule has 0 bridgehead atoms. The van der Waals surface area contributed by atoms with Gasteiger partial charge in [0.2, 0.25) is 0 Å². The zero-order valence-electron chi connectivity index (χ0n) is 9.00. The number of aromatic amines is 2. The van der Waals surface area contributed by atoms with Crippen LogP contribution < -0.4 is 5.43 Å². The standard InChI is InChI=1S/C12H7BrFN3O/c13-7-3-9-10(4-8(7)14)17-12(16-9)6-5-15-2-1-11(6)18/h1-5H,(H,15,18)(H,16,17). The number of halogens is 2. The van der Waals surface area contributed by atoms with Gasteiger partial charge in [-0.15, -0.1) is 0 Å². The Kier molecular flexibility index (Phi) is 2.52. The lowest BCUT2D eigenvalue weighted by Crippen LogP contribution is -2.03. The quantitative estimate of drug-likeness (QED) is 0.726. The Hall–Kier alpha value is -1.95. The highest BCUT2D eigenvalue weighted by Crippen LogP contribution is 2.23. The maximum Gasteiger partial charge on any atom is 0.192 e. The summed E-state index contributed by atoms with van der Waals surface area (Å²) >= 11 is 3.10. The molecule has 2 N–H and O–H groups in total. The van der Waals surface area contributed by atoms with Gasteiger partial charge in [-0.1, -0.05) is 0 Å². The Morgan fingerprint density at radius 2 is 2.17 bits per heavy atom. The molecule has 2 heterocycles. The molecule has 0 saturated heterocycles. The van der Waals surface area contributed by atoms with E-state index in [1.54, 1.807) is 18.5 Å². The number of rotatable bonds is 1. The van der Waals surface area contributed by atoms with Gasteiger partial charge in [-0.05, 0) is 22.0 Å². The van der Waals surface area contributed by atoms with Crippen molar-refractivity contribution in [2.45, 2.75) is 0 Å². The third kappa shape index (κ3) is 1.74. The van der Waals surface area contributed by atoms with Crippen molar-refractivity contribution in [3.05, 3.63) is 51.1 Å². The number of nitrogens with one attached hydrogen (secondary N) is 2. The Morgan fingerprint density at radius 1 is 1.33 bits per heavy atom. The summed E-state index contributed by atoms with van der Waals surface area (Å²) in [6.45, 7) is 0. The molecule has 4 nitrogen and oxygen atoms in total. The normalized spacial score (nSPS) is 11.0. The van der Waals surface area contributed by atoms with Crippen LogP contribution in [0.5, 0.6) is 0 Å². The Bertz CT molecular complexity index is 754. The predicted octanol–water partition coefficient (Wildman–Crippen LogP) is 2.82. The Morgan fingerprint density at radius 3 is 2.94 bits per heavy atom. The molecule has 18 heavy (non-hydrogen) atoms. The van der Waals surface area contributed by atoms with Crippen LogP contribution >= 0.6 is 15.9 Å². The zero-order valence-corrected chi connectivity index (χ0v) is 10.6. The fourth-order valence-corrected chi connectivity index (χ4v) is 2.06. The molecule has 0 unspecified atom stereocenters. The molecule has 0 aliphatic heterocycles. The number of nitrogens with zero attached hydrogens (tertiary/aromatic N) is 1. The number of pyridine rings is 1. The number of aromatic nitrogens is 3. The molecule has 6 heteroatoms. The van der Waals surface area contributed by atoms with Gasteiger partial charge in [0.05, 0.1) is 21.1 Å². The number of imidazole rings is 1. The zero-order chi connectivity index (χ0) is 12.7. The minimum atomic E-state index is -0.375. The van der Waals surface area contributed by atoms with E-state index in [0.29, 0.717) is 26.9 Å². The lowest BCUT2D eigenvalue weighted by Gasteiger charge is -1.93. The van der Waals surface area contributed by atoms with Crippen molar-refractivity contribution in [2.75, 3.05) is 0 Å². The van der Waals surface area contributed by atoms with E-state index in [4.69, 9.17) is 0 Å². The highest BCUT2D eigenvalue weighted by molar-refractivity contribution is 9.10. The average molecular weight is 308 g/mol. The number of fused-ring (bicyclic) bond motifs is 1. The fourth-order valence-electron chi connectivity index (χ4n) is 1.73. The van der Waals surface area contributed by atoms with E-state index in [1.165, 1.54) is 12.1 Å². The molecular weight excluding hydrogens is 301 g/mol. The lowest BCUT2D eigenvalue weighted by molar-refractivity contribution is 0.623. The largest absolute Gasteiger partial charge is 0.367 e. The minimum Gasteiger partial charge on any atom is -0.367 e. The van der Waals surface area contributed by atoms with E-state index >= 15 is 0 Å². The summed E-state index contributed by atoms with van der Waals surface area (Å²) < 4.78 is 13.7. The van der Waals surface area contributed by atoms with Gasteiger partial charge < -0.3 is 9.97 Å². The molecule has 0 radical (unpaired) electrons. The monoisotopic (exact) mass is 307 g/mol. The van der Waals surface area contributed by atoms with Crippen molar-refractivity contribution in [3.63, 3.8) is 0 Å².